The van der Waals surface area contributed by atoms with Crippen molar-refractivity contribution in [3.05, 3.63) is 140 Å². The number of carbonyl (C=O) groups excluding carboxylic acids is 3. The zero-order valence-electron chi connectivity index (χ0n) is 21.4. The lowest BCUT2D eigenvalue weighted by Crippen LogP contribution is -2.49. The summed E-state index contributed by atoms with van der Waals surface area (Å²) in [6.45, 7) is 0. The van der Waals surface area contributed by atoms with E-state index in [0.717, 1.165) is 11.1 Å². The van der Waals surface area contributed by atoms with Gasteiger partial charge in [-0.2, -0.15) is 0 Å². The number of hydrogen-bond acceptors (Lipinski definition) is 4. The van der Waals surface area contributed by atoms with E-state index in [1.54, 1.807) is 36.4 Å². The minimum atomic E-state index is -1.45. The van der Waals surface area contributed by atoms with E-state index >= 15 is 0 Å². The molecule has 3 aliphatic heterocycles. The Balaban J connectivity index is 1.56. The Kier molecular flexibility index (Phi) is 6.09. The number of nitrogens with one attached hydrogen (secondary N) is 1. The van der Waals surface area contributed by atoms with Crippen molar-refractivity contribution in [1.29, 1.82) is 0 Å². The number of fused-ring (bicyclic) bond motifs is 6. The largest absolute Gasteiger partial charge is 0.358 e. The van der Waals surface area contributed by atoms with Crippen molar-refractivity contribution in [1.82, 2.24) is 4.90 Å². The zero-order chi connectivity index (χ0) is 28.5. The first kappa shape index (κ1) is 26.0. The molecule has 1 N–H and O–H groups in total. The van der Waals surface area contributed by atoms with Gasteiger partial charge in [0.25, 0.3) is 0 Å². The first-order chi connectivity index (χ1) is 19.8. The highest BCUT2D eigenvalue weighted by Gasteiger charge is 2.70. The van der Waals surface area contributed by atoms with Crippen LogP contribution in [0.3, 0.4) is 0 Å². The summed E-state index contributed by atoms with van der Waals surface area (Å²) in [4.78, 5) is 45.7. The number of halogens is 3. The van der Waals surface area contributed by atoms with E-state index < -0.39 is 29.2 Å². The lowest BCUT2D eigenvalue weighted by Gasteiger charge is -2.38. The topological polar surface area (TPSA) is 66.5 Å². The molecule has 8 heteroatoms. The number of amides is 1. The number of Topliss-reactive ketones (excluding diaryl/α,β-unsaturated/α-hetero) is 2. The Hall–Kier alpha value is -3.90. The van der Waals surface area contributed by atoms with Gasteiger partial charge in [0, 0.05) is 28.0 Å². The molecule has 3 heterocycles. The molecular formula is C33H21Cl3N2O3. The first-order valence-electron chi connectivity index (χ1n) is 13.1. The second-order valence-corrected chi connectivity index (χ2v) is 11.7. The minimum absolute atomic E-state index is 0.168. The number of anilines is 1. The van der Waals surface area contributed by atoms with Gasteiger partial charge in [0.1, 0.15) is 11.5 Å². The molecule has 4 atom stereocenters. The first-order valence-corrected chi connectivity index (χ1v) is 14.2. The monoisotopic (exact) mass is 598 g/mol. The van der Waals surface area contributed by atoms with Crippen LogP contribution in [0.4, 0.5) is 5.69 Å². The molecule has 0 bridgehead atoms. The molecule has 7 rings (SSSR count). The molecule has 0 aromatic heterocycles. The number of hydrogen-bond donors (Lipinski definition) is 1. The van der Waals surface area contributed by atoms with E-state index in [2.05, 4.69) is 5.32 Å². The third-order valence-corrected chi connectivity index (χ3v) is 9.33. The van der Waals surface area contributed by atoms with Crippen LogP contribution >= 0.6 is 34.8 Å². The van der Waals surface area contributed by atoms with Crippen LogP contribution in [-0.4, -0.2) is 28.4 Å². The van der Waals surface area contributed by atoms with Crippen molar-refractivity contribution >= 4 is 64.0 Å². The van der Waals surface area contributed by atoms with Gasteiger partial charge in [0.2, 0.25) is 5.91 Å². The maximum absolute atomic E-state index is 14.8. The Bertz CT molecular complexity index is 1820. The summed E-state index contributed by atoms with van der Waals surface area (Å²) in [5.74, 6) is -2.28. The summed E-state index contributed by atoms with van der Waals surface area (Å²) < 4.78 is 0. The van der Waals surface area contributed by atoms with Crippen LogP contribution in [0.15, 0.2) is 97.2 Å². The molecule has 1 spiro atoms. The van der Waals surface area contributed by atoms with Gasteiger partial charge in [0.15, 0.2) is 11.6 Å². The van der Waals surface area contributed by atoms with Crippen molar-refractivity contribution in [2.75, 3.05) is 5.32 Å². The standard InChI is InChI=1S/C33H21Cl3N2O3/c34-19-13-14-22(25(36)17-19)30(40)28-27(29(39)21-9-3-5-11-24(21)35)33(23-10-4-6-12-26(23)37-32(33)41)31-20-8-2-1-7-18(20)15-16-38(28)31/h1-17,27-28,31H,(H,37,41)/t27-,28+,31+,33+/m1/s1. The number of ketones is 2. The summed E-state index contributed by atoms with van der Waals surface area (Å²) in [6, 6.07) is 24.7. The molecule has 4 aromatic carbocycles. The summed E-state index contributed by atoms with van der Waals surface area (Å²) in [6.07, 6.45) is 3.72. The van der Waals surface area contributed by atoms with Crippen LogP contribution in [0.1, 0.15) is 43.4 Å². The third-order valence-electron chi connectivity index (χ3n) is 8.46. The molecule has 5 nitrogen and oxygen atoms in total. The van der Waals surface area contributed by atoms with Crippen molar-refractivity contribution in [2.24, 2.45) is 5.92 Å². The highest BCUT2D eigenvalue weighted by atomic mass is 35.5. The second kappa shape index (κ2) is 9.59. The number of nitrogens with zero attached hydrogens (tertiary/aromatic N) is 1. The zero-order valence-corrected chi connectivity index (χ0v) is 23.6. The molecule has 4 aromatic rings. The molecule has 1 amide bonds. The number of para-hydroxylation sites is 1. The number of rotatable bonds is 4. The third kappa shape index (κ3) is 3.66. The Morgan fingerprint density at radius 1 is 0.780 bits per heavy atom. The van der Waals surface area contributed by atoms with E-state index in [1.807, 2.05) is 65.7 Å². The van der Waals surface area contributed by atoms with Gasteiger partial charge in [-0.1, -0.05) is 89.4 Å². The van der Waals surface area contributed by atoms with Crippen LogP contribution in [0.25, 0.3) is 6.08 Å². The van der Waals surface area contributed by atoms with Crippen molar-refractivity contribution < 1.29 is 14.4 Å². The number of benzene rings is 4. The highest BCUT2D eigenvalue weighted by molar-refractivity contribution is 6.37. The molecular weight excluding hydrogens is 579 g/mol. The summed E-state index contributed by atoms with van der Waals surface area (Å²) >= 11 is 19.3. The van der Waals surface area contributed by atoms with Gasteiger partial charge in [-0.05, 0) is 59.2 Å². The fourth-order valence-electron chi connectivity index (χ4n) is 6.84. The van der Waals surface area contributed by atoms with E-state index in [-0.39, 0.29) is 32.9 Å². The van der Waals surface area contributed by atoms with Crippen molar-refractivity contribution in [3.8, 4) is 0 Å². The molecule has 0 saturated carbocycles. The van der Waals surface area contributed by atoms with Crippen LogP contribution in [-0.2, 0) is 10.2 Å². The van der Waals surface area contributed by atoms with Crippen LogP contribution in [0.2, 0.25) is 15.1 Å². The molecule has 0 unspecified atom stereocenters. The molecule has 202 valence electrons. The second-order valence-electron chi connectivity index (χ2n) is 10.4. The maximum Gasteiger partial charge on any atom is 0.238 e. The molecule has 0 aliphatic carbocycles. The molecule has 41 heavy (non-hydrogen) atoms. The van der Waals surface area contributed by atoms with E-state index in [1.165, 1.54) is 6.07 Å². The fraction of sp³-hybridized carbons (Fsp3) is 0.121. The highest BCUT2D eigenvalue weighted by Crippen LogP contribution is 2.62. The van der Waals surface area contributed by atoms with Crippen molar-refractivity contribution in [2.45, 2.75) is 17.5 Å². The predicted octanol–water partition coefficient (Wildman–Crippen LogP) is 7.63. The van der Waals surface area contributed by atoms with Gasteiger partial charge < -0.3 is 10.2 Å². The Labute approximate surface area is 251 Å². The smallest absolute Gasteiger partial charge is 0.238 e. The lowest BCUT2D eigenvalue weighted by atomic mass is 9.62. The minimum Gasteiger partial charge on any atom is -0.358 e. The van der Waals surface area contributed by atoms with E-state index in [9.17, 15) is 14.4 Å². The molecule has 1 saturated heterocycles. The normalized spacial score (nSPS) is 23.6. The van der Waals surface area contributed by atoms with Gasteiger partial charge in [-0.15, -0.1) is 0 Å². The van der Waals surface area contributed by atoms with Crippen LogP contribution in [0, 0.1) is 5.92 Å². The SMILES string of the molecule is O=C(c1ccc(Cl)cc1Cl)[C@@H]1[C@H](C(=O)c2ccccc2Cl)[C@]2(C(=O)Nc3ccccc32)[C@@H]2c3ccccc3C=CN12. The van der Waals surface area contributed by atoms with Crippen molar-refractivity contribution in [3.63, 3.8) is 0 Å². The van der Waals surface area contributed by atoms with E-state index in [4.69, 9.17) is 34.8 Å². The van der Waals surface area contributed by atoms with Gasteiger partial charge >= 0.3 is 0 Å². The molecule has 3 aliphatic rings. The summed E-state index contributed by atoms with van der Waals surface area (Å²) in [5, 5.41) is 3.83. The predicted molar refractivity (Wildman–Crippen MR) is 161 cm³/mol. The van der Waals surface area contributed by atoms with Gasteiger partial charge in [-0.3, -0.25) is 14.4 Å². The number of carbonyl (C=O) groups is 3. The maximum atomic E-state index is 14.8. The Morgan fingerprint density at radius 2 is 1.49 bits per heavy atom. The quantitative estimate of drug-likeness (QED) is 0.245. The van der Waals surface area contributed by atoms with Crippen LogP contribution < -0.4 is 5.32 Å². The molecule has 0 radical (unpaired) electrons. The lowest BCUT2D eigenvalue weighted by molar-refractivity contribution is -0.122. The average Bonchev–Trinajstić information content (AvgIpc) is 3.45. The summed E-state index contributed by atoms with van der Waals surface area (Å²) in [5.41, 5.74) is 2.03. The fourth-order valence-corrected chi connectivity index (χ4v) is 7.58. The summed E-state index contributed by atoms with van der Waals surface area (Å²) in [7, 11) is 0. The van der Waals surface area contributed by atoms with Gasteiger partial charge in [0.05, 0.1) is 22.0 Å². The van der Waals surface area contributed by atoms with Crippen LogP contribution in [0.5, 0.6) is 0 Å². The van der Waals surface area contributed by atoms with E-state index in [0.29, 0.717) is 16.3 Å². The average molecular weight is 600 g/mol. The van der Waals surface area contributed by atoms with Gasteiger partial charge in [-0.25, -0.2) is 0 Å². The Morgan fingerprint density at radius 3 is 2.29 bits per heavy atom. The molecule has 1 fully saturated rings.